The average Bonchev–Trinajstić information content (AvgIpc) is 2.61. The Morgan fingerprint density at radius 1 is 1.40 bits per heavy atom. The van der Waals surface area contributed by atoms with Gasteiger partial charge in [0.1, 0.15) is 0 Å². The van der Waals surface area contributed by atoms with Gasteiger partial charge in [0.05, 0.1) is 30.8 Å². The lowest BCUT2D eigenvalue weighted by Gasteiger charge is -2.33. The second kappa shape index (κ2) is 10.1. The second-order valence-electron chi connectivity index (χ2n) is 5.81. The summed E-state index contributed by atoms with van der Waals surface area (Å²) in [4.78, 5) is 25.9. The highest BCUT2D eigenvalue weighted by molar-refractivity contribution is 9.10. The maximum absolute atomic E-state index is 12.4. The topological polar surface area (TPSA) is 67.9 Å². The second-order valence-corrected chi connectivity index (χ2v) is 7.14. The monoisotopic (exact) mass is 432 g/mol. The van der Waals surface area contributed by atoms with Crippen LogP contribution in [-0.2, 0) is 19.1 Å². The van der Waals surface area contributed by atoms with Crippen molar-refractivity contribution in [3.8, 4) is 0 Å². The van der Waals surface area contributed by atoms with Crippen LogP contribution in [0.25, 0.3) is 0 Å². The number of carbonyl (C=O) groups is 2. The van der Waals surface area contributed by atoms with Gasteiger partial charge < -0.3 is 14.8 Å². The summed E-state index contributed by atoms with van der Waals surface area (Å²) in [6.45, 7) is 1.99. The van der Waals surface area contributed by atoms with Crippen LogP contribution in [0, 0.1) is 0 Å². The number of anilines is 1. The standard InChI is InChI=1S/C17H22BrClN2O4/c1-24-17(23)4-7-21(13-5-8-25-9-6-13)11-16(22)20-15-3-2-12(18)10-14(15)19/h2-3,10,13H,4-9,11H2,1H3,(H,20,22). The first kappa shape index (κ1) is 20.2. The molecule has 2 rings (SSSR count). The number of halogens is 2. The van der Waals surface area contributed by atoms with Crippen LogP contribution in [0.5, 0.6) is 0 Å². The number of rotatable bonds is 7. The van der Waals surface area contributed by atoms with Crippen molar-refractivity contribution in [2.75, 3.05) is 38.7 Å². The third-order valence-corrected chi connectivity index (χ3v) is 4.90. The SMILES string of the molecule is COC(=O)CCN(CC(=O)Nc1ccc(Br)cc1Cl)C1CCOCC1. The number of methoxy groups -OCH3 is 1. The normalized spacial score (nSPS) is 15.2. The largest absolute Gasteiger partial charge is 0.469 e. The van der Waals surface area contributed by atoms with E-state index in [2.05, 4.69) is 21.2 Å². The van der Waals surface area contributed by atoms with Crippen LogP contribution in [0.3, 0.4) is 0 Å². The molecule has 1 aromatic carbocycles. The number of nitrogens with zero attached hydrogens (tertiary/aromatic N) is 1. The van der Waals surface area contributed by atoms with E-state index in [-0.39, 0.29) is 30.9 Å². The van der Waals surface area contributed by atoms with Gasteiger partial charge in [0, 0.05) is 30.3 Å². The third-order valence-electron chi connectivity index (χ3n) is 4.09. The molecule has 1 aliphatic heterocycles. The third kappa shape index (κ3) is 6.58. The van der Waals surface area contributed by atoms with Crippen LogP contribution < -0.4 is 5.32 Å². The molecule has 0 unspecified atom stereocenters. The summed E-state index contributed by atoms with van der Waals surface area (Å²) in [5.74, 6) is -0.450. The highest BCUT2D eigenvalue weighted by Crippen LogP contribution is 2.25. The fourth-order valence-electron chi connectivity index (χ4n) is 2.74. The van der Waals surface area contributed by atoms with Crippen molar-refractivity contribution >= 4 is 45.1 Å². The molecule has 1 fully saturated rings. The minimum absolute atomic E-state index is 0.166. The Morgan fingerprint density at radius 2 is 2.12 bits per heavy atom. The minimum Gasteiger partial charge on any atom is -0.469 e. The van der Waals surface area contributed by atoms with Gasteiger partial charge in [-0.05, 0) is 31.0 Å². The van der Waals surface area contributed by atoms with Gasteiger partial charge in [0.2, 0.25) is 5.91 Å². The molecule has 0 bridgehead atoms. The van der Waals surface area contributed by atoms with Crippen LogP contribution in [0.2, 0.25) is 5.02 Å². The van der Waals surface area contributed by atoms with Crippen LogP contribution in [0.4, 0.5) is 5.69 Å². The number of esters is 1. The molecule has 1 N–H and O–H groups in total. The summed E-state index contributed by atoms with van der Waals surface area (Å²) in [7, 11) is 1.36. The number of benzene rings is 1. The molecule has 0 atom stereocenters. The Hall–Kier alpha value is -1.15. The van der Waals surface area contributed by atoms with E-state index in [0.29, 0.717) is 30.5 Å². The van der Waals surface area contributed by atoms with Gasteiger partial charge in [-0.25, -0.2) is 0 Å². The molecule has 138 valence electrons. The van der Waals surface area contributed by atoms with Crippen molar-refractivity contribution in [3.63, 3.8) is 0 Å². The number of nitrogens with one attached hydrogen (secondary N) is 1. The van der Waals surface area contributed by atoms with Crippen molar-refractivity contribution in [3.05, 3.63) is 27.7 Å². The zero-order valence-electron chi connectivity index (χ0n) is 14.1. The molecule has 25 heavy (non-hydrogen) atoms. The molecule has 0 aromatic heterocycles. The van der Waals surface area contributed by atoms with Crippen molar-refractivity contribution in [1.29, 1.82) is 0 Å². The molecule has 6 nitrogen and oxygen atoms in total. The zero-order chi connectivity index (χ0) is 18.2. The summed E-state index contributed by atoms with van der Waals surface area (Å²) in [6.07, 6.45) is 1.93. The highest BCUT2D eigenvalue weighted by Gasteiger charge is 2.24. The van der Waals surface area contributed by atoms with Gasteiger partial charge in [-0.2, -0.15) is 0 Å². The first-order valence-corrected chi connectivity index (χ1v) is 9.30. The molecule has 8 heteroatoms. The zero-order valence-corrected chi connectivity index (χ0v) is 16.4. The molecule has 1 heterocycles. The first-order chi connectivity index (χ1) is 12.0. The number of hydrogen-bond donors (Lipinski definition) is 1. The van der Waals surface area contributed by atoms with Crippen molar-refractivity contribution < 1.29 is 19.1 Å². The Bertz CT molecular complexity index is 608. The summed E-state index contributed by atoms with van der Waals surface area (Å²) < 4.78 is 10.9. The quantitative estimate of drug-likeness (QED) is 0.669. The Morgan fingerprint density at radius 3 is 2.76 bits per heavy atom. The molecular formula is C17H22BrClN2O4. The van der Waals surface area contributed by atoms with Gasteiger partial charge in [0.15, 0.2) is 0 Å². The van der Waals surface area contributed by atoms with Gasteiger partial charge >= 0.3 is 5.97 Å². The lowest BCUT2D eigenvalue weighted by Crippen LogP contribution is -2.44. The van der Waals surface area contributed by atoms with E-state index in [0.717, 1.165) is 17.3 Å². The predicted molar refractivity (Wildman–Crippen MR) is 99.8 cm³/mol. The number of carbonyl (C=O) groups excluding carboxylic acids is 2. The molecule has 0 radical (unpaired) electrons. The van der Waals surface area contributed by atoms with Crippen molar-refractivity contribution in [2.24, 2.45) is 0 Å². The highest BCUT2D eigenvalue weighted by atomic mass is 79.9. The smallest absolute Gasteiger partial charge is 0.306 e. The van der Waals surface area contributed by atoms with E-state index < -0.39 is 0 Å². The summed E-state index contributed by atoms with van der Waals surface area (Å²) >= 11 is 9.48. The van der Waals surface area contributed by atoms with Crippen LogP contribution >= 0.6 is 27.5 Å². The molecule has 1 aromatic rings. The maximum Gasteiger partial charge on any atom is 0.306 e. The fourth-order valence-corrected chi connectivity index (χ4v) is 3.46. The Kier molecular flexibility index (Phi) is 8.15. The van der Waals surface area contributed by atoms with Crippen LogP contribution in [-0.4, -0.2) is 56.2 Å². The molecule has 0 aliphatic carbocycles. The fraction of sp³-hybridized carbons (Fsp3) is 0.529. The van der Waals surface area contributed by atoms with Crippen molar-refractivity contribution in [1.82, 2.24) is 4.90 Å². The van der Waals surface area contributed by atoms with Crippen LogP contribution in [0.15, 0.2) is 22.7 Å². The molecule has 1 saturated heterocycles. The van der Waals surface area contributed by atoms with Gasteiger partial charge in [0.25, 0.3) is 0 Å². The predicted octanol–water partition coefficient (Wildman–Crippen LogP) is 3.09. The Labute approximate surface area is 160 Å². The van der Waals surface area contributed by atoms with E-state index in [1.807, 2.05) is 11.0 Å². The number of amides is 1. The summed E-state index contributed by atoms with van der Waals surface area (Å²) in [5, 5.41) is 3.30. The minimum atomic E-state index is -0.284. The average molecular weight is 434 g/mol. The molecular weight excluding hydrogens is 412 g/mol. The van der Waals surface area contributed by atoms with Gasteiger partial charge in [-0.15, -0.1) is 0 Å². The summed E-state index contributed by atoms with van der Waals surface area (Å²) in [5.41, 5.74) is 0.565. The lowest BCUT2D eigenvalue weighted by molar-refractivity contribution is -0.141. The molecule has 1 aliphatic rings. The first-order valence-electron chi connectivity index (χ1n) is 8.13. The van der Waals surface area contributed by atoms with E-state index in [1.54, 1.807) is 12.1 Å². The lowest BCUT2D eigenvalue weighted by atomic mass is 10.1. The van der Waals surface area contributed by atoms with Gasteiger partial charge in [-0.1, -0.05) is 27.5 Å². The van der Waals surface area contributed by atoms with Gasteiger partial charge in [-0.3, -0.25) is 14.5 Å². The Balaban J connectivity index is 1.98. The van der Waals surface area contributed by atoms with E-state index in [1.165, 1.54) is 7.11 Å². The maximum atomic E-state index is 12.4. The molecule has 1 amide bonds. The number of ether oxygens (including phenoxy) is 2. The van der Waals surface area contributed by atoms with E-state index >= 15 is 0 Å². The molecule has 0 saturated carbocycles. The van der Waals surface area contributed by atoms with E-state index in [4.69, 9.17) is 21.1 Å². The van der Waals surface area contributed by atoms with Crippen molar-refractivity contribution in [2.45, 2.75) is 25.3 Å². The van der Waals surface area contributed by atoms with E-state index in [9.17, 15) is 9.59 Å². The molecule has 0 spiro atoms. The number of hydrogen-bond acceptors (Lipinski definition) is 5. The summed E-state index contributed by atoms with van der Waals surface area (Å²) in [6, 6.07) is 5.50. The van der Waals surface area contributed by atoms with Crippen LogP contribution in [0.1, 0.15) is 19.3 Å².